The van der Waals surface area contributed by atoms with Gasteiger partial charge in [-0.25, -0.2) is 4.79 Å². The second kappa shape index (κ2) is 6.91. The molecule has 0 saturated heterocycles. The molecule has 0 aliphatic rings. The van der Waals surface area contributed by atoms with Gasteiger partial charge in [-0.05, 0) is 17.7 Å². The Kier molecular flexibility index (Phi) is 4.95. The molecule has 114 valence electrons. The minimum absolute atomic E-state index is 0.0117. The van der Waals surface area contributed by atoms with Gasteiger partial charge in [0.2, 0.25) is 0 Å². The van der Waals surface area contributed by atoms with Gasteiger partial charge in [-0.3, -0.25) is 10.1 Å². The SMILES string of the molecule is O=C(O)[C@@H](Cc1cccc([N+](=O)[O-])c1)Oc1ccccc1Cl. The third-order valence-corrected chi connectivity index (χ3v) is 3.24. The summed E-state index contributed by atoms with van der Waals surface area (Å²) in [7, 11) is 0. The quantitative estimate of drug-likeness (QED) is 0.651. The summed E-state index contributed by atoms with van der Waals surface area (Å²) in [4.78, 5) is 21.6. The Morgan fingerprint density at radius 3 is 2.64 bits per heavy atom. The van der Waals surface area contributed by atoms with Crippen molar-refractivity contribution in [2.45, 2.75) is 12.5 Å². The van der Waals surface area contributed by atoms with Gasteiger partial charge < -0.3 is 9.84 Å². The van der Waals surface area contributed by atoms with E-state index < -0.39 is 17.0 Å². The van der Waals surface area contributed by atoms with Gasteiger partial charge in [0.15, 0.2) is 6.10 Å². The zero-order chi connectivity index (χ0) is 16.1. The number of aliphatic carboxylic acids is 1. The third-order valence-electron chi connectivity index (χ3n) is 2.92. The van der Waals surface area contributed by atoms with Crippen molar-refractivity contribution in [2.24, 2.45) is 0 Å². The highest BCUT2D eigenvalue weighted by atomic mass is 35.5. The molecule has 6 nitrogen and oxygen atoms in total. The summed E-state index contributed by atoms with van der Waals surface area (Å²) in [6, 6.07) is 12.3. The minimum Gasteiger partial charge on any atom is -0.478 e. The molecule has 2 aromatic carbocycles. The second-order valence-corrected chi connectivity index (χ2v) is 4.91. The Morgan fingerprint density at radius 2 is 2.00 bits per heavy atom. The highest BCUT2D eigenvalue weighted by Crippen LogP contribution is 2.25. The van der Waals surface area contributed by atoms with Gasteiger partial charge in [0.1, 0.15) is 5.75 Å². The molecule has 7 heteroatoms. The van der Waals surface area contributed by atoms with Crippen molar-refractivity contribution in [1.82, 2.24) is 0 Å². The van der Waals surface area contributed by atoms with Crippen LogP contribution in [0.1, 0.15) is 5.56 Å². The molecule has 1 atom stereocenters. The lowest BCUT2D eigenvalue weighted by Crippen LogP contribution is -2.29. The zero-order valence-corrected chi connectivity index (χ0v) is 12.1. The Hall–Kier alpha value is -2.60. The number of ether oxygens (including phenoxy) is 1. The lowest BCUT2D eigenvalue weighted by atomic mass is 10.1. The first-order valence-electron chi connectivity index (χ1n) is 6.34. The third kappa shape index (κ3) is 3.95. The highest BCUT2D eigenvalue weighted by molar-refractivity contribution is 6.32. The molecular formula is C15H12ClNO5. The van der Waals surface area contributed by atoms with Gasteiger partial charge in [-0.2, -0.15) is 0 Å². The van der Waals surface area contributed by atoms with Crippen LogP contribution in [0.4, 0.5) is 5.69 Å². The number of para-hydroxylation sites is 1. The van der Waals surface area contributed by atoms with Crippen LogP contribution < -0.4 is 4.74 Å². The van der Waals surface area contributed by atoms with Gasteiger partial charge in [0.25, 0.3) is 5.69 Å². The number of nitrogens with zero attached hydrogens (tertiary/aromatic N) is 1. The van der Waals surface area contributed by atoms with Crippen LogP contribution in [0, 0.1) is 10.1 Å². The van der Waals surface area contributed by atoms with Gasteiger partial charge in [-0.15, -0.1) is 0 Å². The Balaban J connectivity index is 2.19. The second-order valence-electron chi connectivity index (χ2n) is 4.51. The van der Waals surface area contributed by atoms with Crippen molar-refractivity contribution < 1.29 is 19.6 Å². The topological polar surface area (TPSA) is 89.7 Å². The molecule has 0 amide bonds. The maximum Gasteiger partial charge on any atom is 0.345 e. The number of carboxylic acid groups (broad SMARTS) is 1. The van der Waals surface area contributed by atoms with Crippen molar-refractivity contribution in [3.8, 4) is 5.75 Å². The highest BCUT2D eigenvalue weighted by Gasteiger charge is 2.22. The van der Waals surface area contributed by atoms with Crippen molar-refractivity contribution in [2.75, 3.05) is 0 Å². The van der Waals surface area contributed by atoms with Crippen LogP contribution in [-0.2, 0) is 11.2 Å². The van der Waals surface area contributed by atoms with E-state index in [1.807, 2.05) is 0 Å². The molecule has 0 bridgehead atoms. The molecule has 0 saturated carbocycles. The van der Waals surface area contributed by atoms with E-state index in [-0.39, 0.29) is 17.9 Å². The van der Waals surface area contributed by atoms with Gasteiger partial charge in [-0.1, -0.05) is 35.9 Å². The molecular weight excluding hydrogens is 310 g/mol. The summed E-state index contributed by atoms with van der Waals surface area (Å²) in [6.45, 7) is 0. The maximum atomic E-state index is 11.3. The standard InChI is InChI=1S/C15H12ClNO5/c16-12-6-1-2-7-13(12)22-14(15(18)19)9-10-4-3-5-11(8-10)17(20)21/h1-8,14H,9H2,(H,18,19)/t14-/m1/s1. The van der Waals surface area contributed by atoms with Crippen LogP contribution in [0.25, 0.3) is 0 Å². The van der Waals surface area contributed by atoms with Crippen molar-refractivity contribution in [3.63, 3.8) is 0 Å². The van der Waals surface area contributed by atoms with E-state index in [0.717, 1.165) is 0 Å². The minimum atomic E-state index is -1.19. The summed E-state index contributed by atoms with van der Waals surface area (Å²) in [6.07, 6.45) is -1.20. The number of benzene rings is 2. The van der Waals surface area contributed by atoms with Gasteiger partial charge in [0.05, 0.1) is 9.95 Å². The van der Waals surface area contributed by atoms with Crippen LogP contribution in [-0.4, -0.2) is 22.1 Å². The Labute approximate surface area is 131 Å². The molecule has 22 heavy (non-hydrogen) atoms. The van der Waals surface area contributed by atoms with Crippen LogP contribution in [0.5, 0.6) is 5.75 Å². The fraction of sp³-hybridized carbons (Fsp3) is 0.133. The normalized spacial score (nSPS) is 11.7. The van der Waals surface area contributed by atoms with E-state index in [4.69, 9.17) is 16.3 Å². The molecule has 0 aromatic heterocycles. The number of nitro benzene ring substituents is 1. The van der Waals surface area contributed by atoms with Crippen LogP contribution in [0.3, 0.4) is 0 Å². The Bertz CT molecular complexity index is 704. The predicted octanol–water partition coefficient (Wildman–Crippen LogP) is 3.32. The van der Waals surface area contributed by atoms with Gasteiger partial charge >= 0.3 is 5.97 Å². The average Bonchev–Trinajstić information content (AvgIpc) is 2.49. The van der Waals surface area contributed by atoms with Crippen molar-refractivity contribution >= 4 is 23.3 Å². The number of carboxylic acids is 1. The van der Waals surface area contributed by atoms with E-state index in [0.29, 0.717) is 10.6 Å². The average molecular weight is 322 g/mol. The number of rotatable bonds is 6. The lowest BCUT2D eigenvalue weighted by molar-refractivity contribution is -0.384. The monoisotopic (exact) mass is 321 g/mol. The van der Waals surface area contributed by atoms with E-state index >= 15 is 0 Å². The molecule has 0 unspecified atom stereocenters. The number of hydrogen-bond donors (Lipinski definition) is 1. The van der Waals surface area contributed by atoms with Crippen molar-refractivity contribution in [3.05, 3.63) is 69.2 Å². The number of hydrogen-bond acceptors (Lipinski definition) is 4. The van der Waals surface area contributed by atoms with E-state index in [9.17, 15) is 20.0 Å². The Morgan fingerprint density at radius 1 is 1.27 bits per heavy atom. The first-order chi connectivity index (χ1) is 10.5. The van der Waals surface area contributed by atoms with Crippen LogP contribution in [0.2, 0.25) is 5.02 Å². The summed E-state index contributed by atoms with van der Waals surface area (Å²) in [5.41, 5.74) is 0.396. The summed E-state index contributed by atoms with van der Waals surface area (Å²) >= 11 is 5.94. The smallest absolute Gasteiger partial charge is 0.345 e. The number of carbonyl (C=O) groups is 1. The molecule has 0 aliphatic carbocycles. The number of halogens is 1. The van der Waals surface area contributed by atoms with Crippen LogP contribution >= 0.6 is 11.6 Å². The molecule has 0 fully saturated rings. The van der Waals surface area contributed by atoms with E-state index in [1.165, 1.54) is 18.2 Å². The summed E-state index contributed by atoms with van der Waals surface area (Å²) < 4.78 is 5.41. The van der Waals surface area contributed by atoms with E-state index in [2.05, 4.69) is 0 Å². The van der Waals surface area contributed by atoms with E-state index in [1.54, 1.807) is 30.3 Å². The summed E-state index contributed by atoms with van der Waals surface area (Å²) in [5.74, 6) is -0.923. The molecule has 1 N–H and O–H groups in total. The van der Waals surface area contributed by atoms with Crippen LogP contribution in [0.15, 0.2) is 48.5 Å². The predicted molar refractivity (Wildman–Crippen MR) is 80.3 cm³/mol. The maximum absolute atomic E-state index is 11.3. The fourth-order valence-corrected chi connectivity index (χ4v) is 2.06. The summed E-state index contributed by atoms with van der Waals surface area (Å²) in [5, 5.41) is 20.3. The molecule has 0 heterocycles. The van der Waals surface area contributed by atoms with Crippen molar-refractivity contribution in [1.29, 1.82) is 0 Å². The lowest BCUT2D eigenvalue weighted by Gasteiger charge is -2.16. The number of nitro groups is 1. The fourth-order valence-electron chi connectivity index (χ4n) is 1.88. The molecule has 0 radical (unpaired) electrons. The van der Waals surface area contributed by atoms with Gasteiger partial charge in [0, 0.05) is 18.6 Å². The molecule has 2 aromatic rings. The first kappa shape index (κ1) is 15.8. The molecule has 0 aliphatic heterocycles. The largest absolute Gasteiger partial charge is 0.478 e. The molecule has 2 rings (SSSR count). The molecule has 0 spiro atoms. The first-order valence-corrected chi connectivity index (χ1v) is 6.72. The zero-order valence-electron chi connectivity index (χ0n) is 11.3. The number of non-ortho nitro benzene ring substituents is 1.